The van der Waals surface area contributed by atoms with E-state index in [4.69, 9.17) is 0 Å². The molecule has 0 bridgehead atoms. The van der Waals surface area contributed by atoms with Crippen molar-refractivity contribution in [2.24, 2.45) is 0 Å². The van der Waals surface area contributed by atoms with Crippen LogP contribution in [-0.2, 0) is 6.54 Å². The molecule has 4 heteroatoms. The third-order valence-corrected chi connectivity index (χ3v) is 4.36. The van der Waals surface area contributed by atoms with E-state index in [2.05, 4.69) is 69.6 Å². The SMILES string of the molecule is Cc1ccc(CNc2cccc3cc(Br)cnc23)s1. The normalized spacial score (nSPS) is 10.8. The van der Waals surface area contributed by atoms with Gasteiger partial charge in [0, 0.05) is 32.4 Å². The van der Waals surface area contributed by atoms with Gasteiger partial charge in [-0.3, -0.25) is 4.98 Å². The second kappa shape index (κ2) is 5.31. The highest BCUT2D eigenvalue weighted by molar-refractivity contribution is 9.10. The summed E-state index contributed by atoms with van der Waals surface area (Å²) in [5.41, 5.74) is 2.09. The van der Waals surface area contributed by atoms with Gasteiger partial charge in [0.1, 0.15) is 0 Å². The van der Waals surface area contributed by atoms with Crippen molar-refractivity contribution in [3.8, 4) is 0 Å². The Kier molecular flexibility index (Phi) is 3.53. The molecule has 0 unspecified atom stereocenters. The molecule has 3 rings (SSSR count). The van der Waals surface area contributed by atoms with Crippen molar-refractivity contribution in [1.82, 2.24) is 4.98 Å². The molecule has 2 nitrogen and oxygen atoms in total. The highest BCUT2D eigenvalue weighted by Crippen LogP contribution is 2.25. The number of nitrogens with one attached hydrogen (secondary N) is 1. The lowest BCUT2D eigenvalue weighted by Gasteiger charge is -2.08. The van der Waals surface area contributed by atoms with Crippen LogP contribution in [0.4, 0.5) is 5.69 Å². The van der Waals surface area contributed by atoms with Gasteiger partial charge in [-0.1, -0.05) is 12.1 Å². The molecule has 0 aliphatic carbocycles. The summed E-state index contributed by atoms with van der Waals surface area (Å²) in [6.07, 6.45) is 1.84. The Morgan fingerprint density at radius 2 is 2.16 bits per heavy atom. The second-order valence-electron chi connectivity index (χ2n) is 4.40. The minimum atomic E-state index is 0.843. The van der Waals surface area contributed by atoms with E-state index < -0.39 is 0 Å². The Morgan fingerprint density at radius 1 is 1.26 bits per heavy atom. The summed E-state index contributed by atoms with van der Waals surface area (Å²) < 4.78 is 1.01. The Balaban J connectivity index is 1.88. The van der Waals surface area contributed by atoms with E-state index in [9.17, 15) is 0 Å². The molecular formula is C15H13BrN2S. The van der Waals surface area contributed by atoms with Crippen molar-refractivity contribution >= 4 is 43.9 Å². The number of halogens is 1. The summed E-state index contributed by atoms with van der Waals surface area (Å²) in [6.45, 7) is 2.97. The fourth-order valence-electron chi connectivity index (χ4n) is 2.04. The minimum absolute atomic E-state index is 0.843. The van der Waals surface area contributed by atoms with E-state index in [0.717, 1.165) is 27.6 Å². The summed E-state index contributed by atoms with van der Waals surface area (Å²) in [7, 11) is 0. The van der Waals surface area contributed by atoms with Crippen LogP contribution in [0.5, 0.6) is 0 Å². The maximum Gasteiger partial charge on any atom is 0.0934 e. The molecular weight excluding hydrogens is 320 g/mol. The molecule has 0 aliphatic rings. The molecule has 2 aromatic heterocycles. The van der Waals surface area contributed by atoms with Crippen molar-refractivity contribution in [3.63, 3.8) is 0 Å². The number of aromatic nitrogens is 1. The predicted molar refractivity (Wildman–Crippen MR) is 85.8 cm³/mol. The number of thiophene rings is 1. The lowest BCUT2D eigenvalue weighted by Crippen LogP contribution is -1.98. The van der Waals surface area contributed by atoms with Gasteiger partial charge in [0.25, 0.3) is 0 Å². The van der Waals surface area contributed by atoms with Crippen LogP contribution in [0.15, 0.2) is 47.1 Å². The van der Waals surface area contributed by atoms with Gasteiger partial charge in [0.2, 0.25) is 0 Å². The molecule has 19 heavy (non-hydrogen) atoms. The molecule has 1 N–H and O–H groups in total. The Hall–Kier alpha value is -1.39. The van der Waals surface area contributed by atoms with Crippen molar-refractivity contribution < 1.29 is 0 Å². The van der Waals surface area contributed by atoms with Gasteiger partial charge in [0.05, 0.1) is 11.2 Å². The van der Waals surface area contributed by atoms with Gasteiger partial charge in [0.15, 0.2) is 0 Å². The summed E-state index contributed by atoms with van der Waals surface area (Å²) in [6, 6.07) is 12.6. The van der Waals surface area contributed by atoms with Crippen molar-refractivity contribution in [1.29, 1.82) is 0 Å². The zero-order valence-electron chi connectivity index (χ0n) is 10.5. The average Bonchev–Trinajstić information content (AvgIpc) is 2.81. The Labute approximate surface area is 124 Å². The molecule has 0 aliphatic heterocycles. The third kappa shape index (κ3) is 2.80. The number of benzene rings is 1. The van der Waals surface area contributed by atoms with E-state index >= 15 is 0 Å². The number of para-hydroxylation sites is 1. The Morgan fingerprint density at radius 3 is 2.95 bits per heavy atom. The number of aryl methyl sites for hydroxylation is 1. The third-order valence-electron chi connectivity index (χ3n) is 2.93. The second-order valence-corrected chi connectivity index (χ2v) is 6.68. The molecule has 0 radical (unpaired) electrons. The summed E-state index contributed by atoms with van der Waals surface area (Å²) in [4.78, 5) is 7.18. The first-order valence-electron chi connectivity index (χ1n) is 6.06. The predicted octanol–water partition coefficient (Wildman–Crippen LogP) is 4.98. The number of hydrogen-bond donors (Lipinski definition) is 1. The molecule has 1 aromatic carbocycles. The fourth-order valence-corrected chi connectivity index (χ4v) is 3.22. The van der Waals surface area contributed by atoms with E-state index in [-0.39, 0.29) is 0 Å². The van der Waals surface area contributed by atoms with Crippen LogP contribution >= 0.6 is 27.3 Å². The fraction of sp³-hybridized carbons (Fsp3) is 0.133. The number of fused-ring (bicyclic) bond motifs is 1. The smallest absolute Gasteiger partial charge is 0.0934 e. The number of pyridine rings is 1. The van der Waals surface area contributed by atoms with E-state index in [1.165, 1.54) is 9.75 Å². The quantitative estimate of drug-likeness (QED) is 0.731. The van der Waals surface area contributed by atoms with Gasteiger partial charge in [-0.25, -0.2) is 0 Å². The molecule has 0 saturated heterocycles. The van der Waals surface area contributed by atoms with E-state index in [1.54, 1.807) is 0 Å². The zero-order valence-corrected chi connectivity index (χ0v) is 12.9. The van der Waals surface area contributed by atoms with Crippen LogP contribution < -0.4 is 5.32 Å². The van der Waals surface area contributed by atoms with Crippen LogP contribution in [0.3, 0.4) is 0 Å². The monoisotopic (exact) mass is 332 g/mol. The minimum Gasteiger partial charge on any atom is -0.378 e. The van der Waals surface area contributed by atoms with Crippen LogP contribution in [-0.4, -0.2) is 4.98 Å². The summed E-state index contributed by atoms with van der Waals surface area (Å²) in [5.74, 6) is 0. The number of nitrogens with zero attached hydrogens (tertiary/aromatic N) is 1. The topological polar surface area (TPSA) is 24.9 Å². The lowest BCUT2D eigenvalue weighted by molar-refractivity contribution is 1.19. The van der Waals surface area contributed by atoms with Gasteiger partial charge >= 0.3 is 0 Å². The number of hydrogen-bond acceptors (Lipinski definition) is 3. The van der Waals surface area contributed by atoms with E-state index in [0.29, 0.717) is 0 Å². The highest BCUT2D eigenvalue weighted by atomic mass is 79.9. The van der Waals surface area contributed by atoms with Gasteiger partial charge < -0.3 is 5.32 Å². The summed E-state index contributed by atoms with van der Waals surface area (Å²) >= 11 is 5.28. The van der Waals surface area contributed by atoms with Crippen molar-refractivity contribution in [3.05, 3.63) is 56.8 Å². The maximum absolute atomic E-state index is 4.49. The number of rotatable bonds is 3. The van der Waals surface area contributed by atoms with E-state index in [1.807, 2.05) is 17.5 Å². The zero-order chi connectivity index (χ0) is 13.2. The Bertz CT molecular complexity index is 721. The molecule has 0 saturated carbocycles. The maximum atomic E-state index is 4.49. The molecule has 2 heterocycles. The van der Waals surface area contributed by atoms with Crippen molar-refractivity contribution in [2.75, 3.05) is 5.32 Å². The largest absolute Gasteiger partial charge is 0.378 e. The molecule has 0 atom stereocenters. The first-order chi connectivity index (χ1) is 9.22. The standard InChI is InChI=1S/C15H13BrN2S/c1-10-5-6-13(19-10)9-17-14-4-2-3-11-7-12(16)8-18-15(11)14/h2-8,17H,9H2,1H3. The van der Waals surface area contributed by atoms with Gasteiger partial charge in [-0.2, -0.15) is 0 Å². The van der Waals surface area contributed by atoms with Crippen LogP contribution in [0.1, 0.15) is 9.75 Å². The molecule has 3 aromatic rings. The molecule has 0 fully saturated rings. The first kappa shape index (κ1) is 12.6. The lowest BCUT2D eigenvalue weighted by atomic mass is 10.2. The van der Waals surface area contributed by atoms with Gasteiger partial charge in [-0.05, 0) is 47.1 Å². The summed E-state index contributed by atoms with van der Waals surface area (Å²) in [5, 5.41) is 4.61. The van der Waals surface area contributed by atoms with Crippen LogP contribution in [0, 0.1) is 6.92 Å². The van der Waals surface area contributed by atoms with Crippen LogP contribution in [0.25, 0.3) is 10.9 Å². The van der Waals surface area contributed by atoms with Crippen molar-refractivity contribution in [2.45, 2.75) is 13.5 Å². The molecule has 0 amide bonds. The van der Waals surface area contributed by atoms with Gasteiger partial charge in [-0.15, -0.1) is 11.3 Å². The van der Waals surface area contributed by atoms with Crippen LogP contribution in [0.2, 0.25) is 0 Å². The first-order valence-corrected chi connectivity index (χ1v) is 7.67. The average molecular weight is 333 g/mol. The highest BCUT2D eigenvalue weighted by Gasteiger charge is 2.03. The molecule has 96 valence electrons. The molecule has 0 spiro atoms. The number of anilines is 1.